The number of fused-ring (bicyclic) bond motifs is 3. The molecule has 142 valence electrons. The minimum absolute atomic E-state index is 0.00248. The number of aromatic nitrogens is 4. The van der Waals surface area contributed by atoms with Gasteiger partial charge in [-0.3, -0.25) is 9.78 Å². The molecule has 1 aromatic carbocycles. The number of hydrogen-bond donors (Lipinski definition) is 1. The lowest BCUT2D eigenvalue weighted by atomic mass is 10.1. The Labute approximate surface area is 163 Å². The molecule has 0 radical (unpaired) electrons. The molecular weight excluding hydrogens is 350 g/mol. The van der Waals surface area contributed by atoms with Crippen molar-refractivity contribution in [3.63, 3.8) is 0 Å². The zero-order valence-electron chi connectivity index (χ0n) is 16.3. The first kappa shape index (κ1) is 18.1. The van der Waals surface area contributed by atoms with Gasteiger partial charge in [-0.15, -0.1) is 0 Å². The fraction of sp³-hybridized carbons (Fsp3) is 0.273. The standard InChI is InChI=1S/C22H23N5O/c1-14-17(11-12-21(28)24-15(2)19-9-6-7-13-23-19)16(3)27-22(25-14)18-8-4-5-10-20(18)26-27/h4-10,13,15H,11-12H2,1-3H3,(H,24,28). The van der Waals surface area contributed by atoms with Crippen molar-refractivity contribution in [1.29, 1.82) is 0 Å². The van der Waals surface area contributed by atoms with Gasteiger partial charge >= 0.3 is 0 Å². The maximum Gasteiger partial charge on any atom is 0.220 e. The Hall–Kier alpha value is -3.28. The molecular formula is C22H23N5O. The fourth-order valence-electron chi connectivity index (χ4n) is 3.60. The first-order valence-electron chi connectivity index (χ1n) is 9.48. The molecule has 0 aliphatic rings. The normalized spacial score (nSPS) is 12.4. The molecule has 4 rings (SSSR count). The lowest BCUT2D eigenvalue weighted by Crippen LogP contribution is -2.27. The van der Waals surface area contributed by atoms with Crippen LogP contribution in [0.25, 0.3) is 16.6 Å². The maximum absolute atomic E-state index is 12.4. The number of nitrogens with one attached hydrogen (secondary N) is 1. The summed E-state index contributed by atoms with van der Waals surface area (Å²) in [6.07, 6.45) is 2.75. The van der Waals surface area contributed by atoms with Gasteiger partial charge in [0.2, 0.25) is 5.91 Å². The molecule has 1 N–H and O–H groups in total. The van der Waals surface area contributed by atoms with E-state index in [4.69, 9.17) is 4.98 Å². The van der Waals surface area contributed by atoms with Crippen LogP contribution < -0.4 is 5.32 Å². The highest BCUT2D eigenvalue weighted by Gasteiger charge is 2.16. The van der Waals surface area contributed by atoms with Crippen LogP contribution in [0.1, 0.15) is 42.0 Å². The molecule has 1 atom stereocenters. The van der Waals surface area contributed by atoms with Gasteiger partial charge in [0.05, 0.1) is 17.3 Å². The minimum Gasteiger partial charge on any atom is -0.348 e. The van der Waals surface area contributed by atoms with Gasteiger partial charge in [-0.1, -0.05) is 18.2 Å². The van der Waals surface area contributed by atoms with Crippen molar-refractivity contribution in [2.24, 2.45) is 0 Å². The monoisotopic (exact) mass is 373 g/mol. The van der Waals surface area contributed by atoms with Crippen LogP contribution in [-0.4, -0.2) is 25.5 Å². The molecule has 6 nitrogen and oxygen atoms in total. The van der Waals surface area contributed by atoms with Crippen LogP contribution in [0.15, 0.2) is 48.7 Å². The molecule has 3 aromatic heterocycles. The summed E-state index contributed by atoms with van der Waals surface area (Å²) in [6, 6.07) is 13.6. The van der Waals surface area contributed by atoms with Crippen LogP contribution in [-0.2, 0) is 11.2 Å². The van der Waals surface area contributed by atoms with Gasteiger partial charge in [-0.2, -0.15) is 5.10 Å². The molecule has 0 saturated heterocycles. The summed E-state index contributed by atoms with van der Waals surface area (Å²) in [6.45, 7) is 5.98. The van der Waals surface area contributed by atoms with Crippen molar-refractivity contribution in [3.05, 3.63) is 71.3 Å². The second kappa shape index (κ2) is 7.38. The van der Waals surface area contributed by atoms with E-state index in [0.29, 0.717) is 12.8 Å². The molecule has 0 bridgehead atoms. The zero-order chi connectivity index (χ0) is 19.7. The lowest BCUT2D eigenvalue weighted by molar-refractivity contribution is -0.121. The number of aryl methyl sites for hydroxylation is 2. The summed E-state index contributed by atoms with van der Waals surface area (Å²) in [4.78, 5) is 21.5. The zero-order valence-corrected chi connectivity index (χ0v) is 16.3. The summed E-state index contributed by atoms with van der Waals surface area (Å²) in [5.41, 5.74) is 5.69. The predicted molar refractivity (Wildman–Crippen MR) is 109 cm³/mol. The third-order valence-corrected chi connectivity index (χ3v) is 5.13. The van der Waals surface area contributed by atoms with E-state index in [1.165, 1.54) is 0 Å². The van der Waals surface area contributed by atoms with Gasteiger partial charge in [0.1, 0.15) is 0 Å². The Morgan fingerprint density at radius 1 is 1.14 bits per heavy atom. The average molecular weight is 373 g/mol. The van der Waals surface area contributed by atoms with Crippen molar-refractivity contribution >= 4 is 22.5 Å². The van der Waals surface area contributed by atoms with Gasteiger partial charge in [-0.05, 0) is 57.0 Å². The van der Waals surface area contributed by atoms with Crippen LogP contribution in [0.4, 0.5) is 0 Å². The van der Waals surface area contributed by atoms with Gasteiger partial charge < -0.3 is 5.32 Å². The van der Waals surface area contributed by atoms with Crippen molar-refractivity contribution in [1.82, 2.24) is 24.9 Å². The Balaban J connectivity index is 1.53. The Morgan fingerprint density at radius 3 is 2.71 bits per heavy atom. The molecule has 0 fully saturated rings. The van der Waals surface area contributed by atoms with Gasteiger partial charge in [0, 0.05) is 29.4 Å². The van der Waals surface area contributed by atoms with Crippen LogP contribution >= 0.6 is 0 Å². The van der Waals surface area contributed by atoms with Crippen molar-refractivity contribution in [3.8, 4) is 0 Å². The summed E-state index contributed by atoms with van der Waals surface area (Å²) in [7, 11) is 0. The number of nitrogens with zero attached hydrogens (tertiary/aromatic N) is 4. The summed E-state index contributed by atoms with van der Waals surface area (Å²) in [5.74, 6) is 0.00248. The molecule has 0 spiro atoms. The first-order chi connectivity index (χ1) is 13.5. The summed E-state index contributed by atoms with van der Waals surface area (Å²) < 4.78 is 1.89. The van der Waals surface area contributed by atoms with Crippen molar-refractivity contribution < 1.29 is 4.79 Å². The molecule has 0 aliphatic heterocycles. The van der Waals surface area contributed by atoms with E-state index in [1.807, 2.05) is 67.8 Å². The van der Waals surface area contributed by atoms with Crippen molar-refractivity contribution in [2.75, 3.05) is 0 Å². The molecule has 1 unspecified atom stereocenters. The van der Waals surface area contributed by atoms with E-state index in [2.05, 4.69) is 15.4 Å². The largest absolute Gasteiger partial charge is 0.348 e. The molecule has 0 aliphatic carbocycles. The topological polar surface area (TPSA) is 72.2 Å². The maximum atomic E-state index is 12.4. The smallest absolute Gasteiger partial charge is 0.220 e. The second-order valence-electron chi connectivity index (χ2n) is 7.06. The number of pyridine rings is 1. The quantitative estimate of drug-likeness (QED) is 0.579. The molecule has 1 amide bonds. The number of amides is 1. The highest BCUT2D eigenvalue weighted by Crippen LogP contribution is 2.23. The SMILES string of the molecule is Cc1nc2c3ccccc3nn2c(C)c1CCC(=O)NC(C)c1ccccn1. The number of rotatable bonds is 5. The highest BCUT2D eigenvalue weighted by atomic mass is 16.1. The van der Waals surface area contributed by atoms with Crippen LogP contribution in [0.5, 0.6) is 0 Å². The lowest BCUT2D eigenvalue weighted by Gasteiger charge is -2.14. The minimum atomic E-state index is -0.118. The number of carbonyl (C=O) groups excluding carboxylic acids is 1. The highest BCUT2D eigenvalue weighted by molar-refractivity contribution is 5.92. The first-order valence-corrected chi connectivity index (χ1v) is 9.48. The van der Waals surface area contributed by atoms with E-state index in [1.54, 1.807) is 6.20 Å². The van der Waals surface area contributed by atoms with E-state index < -0.39 is 0 Å². The van der Waals surface area contributed by atoms with Crippen molar-refractivity contribution in [2.45, 2.75) is 39.7 Å². The molecule has 0 saturated carbocycles. The van der Waals surface area contributed by atoms with E-state index in [9.17, 15) is 4.79 Å². The predicted octanol–water partition coefficient (Wildman–Crippen LogP) is 3.70. The number of carbonyl (C=O) groups is 1. The van der Waals surface area contributed by atoms with E-state index in [-0.39, 0.29) is 11.9 Å². The molecule has 3 heterocycles. The van der Waals surface area contributed by atoms with Crippen LogP contribution in [0.3, 0.4) is 0 Å². The van der Waals surface area contributed by atoms with Crippen LogP contribution in [0, 0.1) is 13.8 Å². The molecule has 4 aromatic rings. The molecule has 6 heteroatoms. The van der Waals surface area contributed by atoms with Gasteiger partial charge in [0.25, 0.3) is 0 Å². The Bertz CT molecular complexity index is 1150. The number of hydrogen-bond acceptors (Lipinski definition) is 4. The summed E-state index contributed by atoms with van der Waals surface area (Å²) in [5, 5.41) is 8.74. The van der Waals surface area contributed by atoms with E-state index in [0.717, 1.165) is 39.2 Å². The number of benzene rings is 1. The van der Waals surface area contributed by atoms with Gasteiger partial charge in [-0.25, -0.2) is 9.50 Å². The second-order valence-corrected chi connectivity index (χ2v) is 7.06. The van der Waals surface area contributed by atoms with E-state index >= 15 is 0 Å². The third kappa shape index (κ3) is 3.33. The summed E-state index contributed by atoms with van der Waals surface area (Å²) >= 11 is 0. The fourth-order valence-corrected chi connectivity index (χ4v) is 3.60. The molecule has 28 heavy (non-hydrogen) atoms. The Morgan fingerprint density at radius 2 is 1.93 bits per heavy atom. The third-order valence-electron chi connectivity index (χ3n) is 5.13. The Kier molecular flexibility index (Phi) is 4.77. The van der Waals surface area contributed by atoms with Crippen LogP contribution in [0.2, 0.25) is 0 Å². The van der Waals surface area contributed by atoms with Gasteiger partial charge in [0.15, 0.2) is 5.65 Å². The average Bonchev–Trinajstić information content (AvgIpc) is 3.07.